The summed E-state index contributed by atoms with van der Waals surface area (Å²) in [5, 5.41) is 5.58. The predicted octanol–water partition coefficient (Wildman–Crippen LogP) is 1.84. The molecule has 0 aromatic carbocycles. The summed E-state index contributed by atoms with van der Waals surface area (Å²) in [4.78, 5) is 30.5. The summed E-state index contributed by atoms with van der Waals surface area (Å²) in [5.41, 5.74) is 6.90. The first-order valence-electron chi connectivity index (χ1n) is 8.87. The van der Waals surface area contributed by atoms with Crippen molar-refractivity contribution in [1.29, 1.82) is 0 Å². The molecule has 10 heteroatoms. The number of carbonyl (C=O) groups excluding carboxylic acids is 2. The molecule has 1 aromatic heterocycles. The molecule has 1 fully saturated rings. The van der Waals surface area contributed by atoms with E-state index in [0.717, 1.165) is 37.3 Å². The Kier molecular flexibility index (Phi) is 14.3. The Balaban J connectivity index is 0. The fraction of sp³-hybridized carbons (Fsp3) is 0.611. The van der Waals surface area contributed by atoms with Crippen molar-refractivity contribution < 1.29 is 9.59 Å². The summed E-state index contributed by atoms with van der Waals surface area (Å²) in [6, 6.07) is 3.63. The van der Waals surface area contributed by atoms with Crippen molar-refractivity contribution in [3.8, 4) is 0 Å². The highest BCUT2D eigenvalue weighted by molar-refractivity contribution is 5.87. The third-order valence-corrected chi connectivity index (χ3v) is 4.52. The zero-order valence-corrected chi connectivity index (χ0v) is 19.0. The van der Waals surface area contributed by atoms with E-state index in [2.05, 4.69) is 26.6 Å². The number of carbonyl (C=O) groups is 2. The minimum atomic E-state index is -0.585. The average molecular weight is 457 g/mol. The van der Waals surface area contributed by atoms with Crippen LogP contribution in [-0.4, -0.2) is 48.5 Å². The summed E-state index contributed by atoms with van der Waals surface area (Å²) in [5.74, 6) is 0.565. The van der Waals surface area contributed by atoms with Gasteiger partial charge in [0.2, 0.25) is 11.8 Å². The lowest BCUT2D eigenvalue weighted by Gasteiger charge is -2.33. The van der Waals surface area contributed by atoms with Crippen molar-refractivity contribution >= 4 is 54.9 Å². The van der Waals surface area contributed by atoms with Gasteiger partial charge in [0.15, 0.2) is 0 Å². The van der Waals surface area contributed by atoms with Crippen LogP contribution in [0.3, 0.4) is 0 Å². The molecule has 1 atom stereocenters. The molecule has 2 heterocycles. The zero-order chi connectivity index (χ0) is 18.4. The van der Waals surface area contributed by atoms with E-state index in [1.807, 2.05) is 33.0 Å². The standard InChI is InChI=1S/C18H29N5O2.3ClH/c1-12(2)17(19)18(25)21-11-16(24)22-14-6-8-23(9-7-14)15-5-4-13(3)10-20-15;;;/h4-5,10,12,14,17H,6-9,11,19H2,1-3H3,(H,21,25)(H,22,24);3*1H/t17-;;;/m0.../s1. The molecule has 162 valence electrons. The number of aromatic nitrogens is 1. The molecule has 1 aromatic rings. The van der Waals surface area contributed by atoms with Crippen molar-refractivity contribution in [2.45, 2.75) is 45.7 Å². The van der Waals surface area contributed by atoms with Gasteiger partial charge in [0, 0.05) is 25.3 Å². The number of halogens is 3. The fourth-order valence-electron chi connectivity index (χ4n) is 2.77. The molecule has 4 N–H and O–H groups in total. The predicted molar refractivity (Wildman–Crippen MR) is 120 cm³/mol. The number of aryl methyl sites for hydroxylation is 1. The maximum Gasteiger partial charge on any atom is 0.239 e. The van der Waals surface area contributed by atoms with Gasteiger partial charge in [0.25, 0.3) is 0 Å². The molecule has 2 amide bonds. The molecule has 0 spiro atoms. The van der Waals surface area contributed by atoms with Crippen LogP contribution in [0.1, 0.15) is 32.3 Å². The Hall–Kier alpha value is -1.28. The van der Waals surface area contributed by atoms with Crippen LogP contribution in [0.25, 0.3) is 0 Å². The van der Waals surface area contributed by atoms with E-state index in [4.69, 9.17) is 5.73 Å². The first-order valence-corrected chi connectivity index (χ1v) is 8.87. The van der Waals surface area contributed by atoms with Gasteiger partial charge < -0.3 is 21.3 Å². The lowest BCUT2D eigenvalue weighted by Crippen LogP contribution is -2.50. The van der Waals surface area contributed by atoms with Crippen LogP contribution in [0, 0.1) is 12.8 Å². The first kappa shape index (κ1) is 28.9. The lowest BCUT2D eigenvalue weighted by molar-refractivity contribution is -0.127. The van der Waals surface area contributed by atoms with Crippen molar-refractivity contribution in [2.75, 3.05) is 24.5 Å². The van der Waals surface area contributed by atoms with Crippen LogP contribution >= 0.6 is 37.2 Å². The van der Waals surface area contributed by atoms with Gasteiger partial charge >= 0.3 is 0 Å². The van der Waals surface area contributed by atoms with E-state index >= 15 is 0 Å². The third-order valence-electron chi connectivity index (χ3n) is 4.52. The van der Waals surface area contributed by atoms with E-state index in [9.17, 15) is 9.59 Å². The second kappa shape index (κ2) is 13.8. The number of pyridine rings is 1. The molecule has 0 bridgehead atoms. The summed E-state index contributed by atoms with van der Waals surface area (Å²) < 4.78 is 0. The van der Waals surface area contributed by atoms with Gasteiger partial charge in [-0.05, 0) is 37.3 Å². The number of amides is 2. The molecule has 1 saturated heterocycles. The average Bonchev–Trinajstić information content (AvgIpc) is 2.60. The van der Waals surface area contributed by atoms with Gasteiger partial charge in [-0.15, -0.1) is 37.2 Å². The molecule has 7 nitrogen and oxygen atoms in total. The topological polar surface area (TPSA) is 100 Å². The molecule has 0 radical (unpaired) electrons. The fourth-order valence-corrected chi connectivity index (χ4v) is 2.77. The van der Waals surface area contributed by atoms with Gasteiger partial charge in [0.1, 0.15) is 5.82 Å². The molecule has 28 heavy (non-hydrogen) atoms. The first-order chi connectivity index (χ1) is 11.9. The number of nitrogens with zero attached hydrogens (tertiary/aromatic N) is 2. The summed E-state index contributed by atoms with van der Waals surface area (Å²) in [7, 11) is 0. The number of hydrogen-bond donors (Lipinski definition) is 3. The summed E-state index contributed by atoms with van der Waals surface area (Å²) in [6.45, 7) is 7.45. The van der Waals surface area contributed by atoms with Crippen molar-refractivity contribution in [1.82, 2.24) is 15.6 Å². The highest BCUT2D eigenvalue weighted by atomic mass is 35.5. The molecule has 2 rings (SSSR count). The third kappa shape index (κ3) is 8.82. The van der Waals surface area contributed by atoms with E-state index in [0.29, 0.717) is 0 Å². The summed E-state index contributed by atoms with van der Waals surface area (Å²) in [6.07, 6.45) is 3.59. The van der Waals surface area contributed by atoms with Crippen molar-refractivity contribution in [3.05, 3.63) is 23.9 Å². The number of nitrogens with two attached hydrogens (primary N) is 1. The second-order valence-corrected chi connectivity index (χ2v) is 7.01. The van der Waals surface area contributed by atoms with E-state index in [1.54, 1.807) is 0 Å². The molecule has 0 saturated carbocycles. The molecular formula is C18H32Cl3N5O2. The van der Waals surface area contributed by atoms with Crippen molar-refractivity contribution in [2.24, 2.45) is 11.7 Å². The van der Waals surface area contributed by atoms with Crippen LogP contribution in [0.5, 0.6) is 0 Å². The molecule has 0 aliphatic carbocycles. The van der Waals surface area contributed by atoms with E-state index in [-0.39, 0.29) is 67.5 Å². The number of hydrogen-bond acceptors (Lipinski definition) is 5. The Morgan fingerprint density at radius 3 is 2.32 bits per heavy atom. The zero-order valence-electron chi connectivity index (χ0n) is 16.5. The van der Waals surface area contributed by atoms with Gasteiger partial charge in [-0.3, -0.25) is 9.59 Å². The van der Waals surface area contributed by atoms with E-state index in [1.165, 1.54) is 0 Å². The van der Waals surface area contributed by atoms with Crippen LogP contribution < -0.4 is 21.3 Å². The maximum absolute atomic E-state index is 12.0. The minimum Gasteiger partial charge on any atom is -0.356 e. The Morgan fingerprint density at radius 2 is 1.82 bits per heavy atom. The lowest BCUT2D eigenvalue weighted by atomic mass is 10.0. The highest BCUT2D eigenvalue weighted by Crippen LogP contribution is 2.17. The second-order valence-electron chi connectivity index (χ2n) is 7.01. The van der Waals surface area contributed by atoms with Crippen molar-refractivity contribution in [3.63, 3.8) is 0 Å². The quantitative estimate of drug-likeness (QED) is 0.606. The molecule has 1 aliphatic rings. The van der Waals surface area contributed by atoms with Gasteiger partial charge in [0.05, 0.1) is 12.6 Å². The van der Waals surface area contributed by atoms with Gasteiger partial charge in [-0.1, -0.05) is 19.9 Å². The largest absolute Gasteiger partial charge is 0.356 e. The number of nitrogens with one attached hydrogen (secondary N) is 2. The van der Waals surface area contributed by atoms with Crippen LogP contribution in [-0.2, 0) is 9.59 Å². The Morgan fingerprint density at radius 1 is 1.21 bits per heavy atom. The van der Waals surface area contributed by atoms with Gasteiger partial charge in [-0.25, -0.2) is 4.98 Å². The SMILES string of the molecule is Cc1ccc(N2CCC(NC(=O)CNC(=O)[C@@H](N)C(C)C)CC2)nc1.Cl.Cl.Cl. The minimum absolute atomic E-state index is 0. The number of rotatable bonds is 6. The number of piperidine rings is 1. The smallest absolute Gasteiger partial charge is 0.239 e. The number of anilines is 1. The van der Waals surface area contributed by atoms with Crippen LogP contribution in [0.4, 0.5) is 5.82 Å². The molecular weight excluding hydrogens is 425 g/mol. The Bertz CT molecular complexity index is 593. The maximum atomic E-state index is 12.0. The molecule has 0 unspecified atom stereocenters. The van der Waals surface area contributed by atoms with Crippen LogP contribution in [0.15, 0.2) is 18.3 Å². The molecule has 1 aliphatic heterocycles. The van der Waals surface area contributed by atoms with Crippen LogP contribution in [0.2, 0.25) is 0 Å². The van der Waals surface area contributed by atoms with Gasteiger partial charge in [-0.2, -0.15) is 0 Å². The van der Waals surface area contributed by atoms with E-state index < -0.39 is 6.04 Å². The monoisotopic (exact) mass is 455 g/mol. The summed E-state index contributed by atoms with van der Waals surface area (Å²) >= 11 is 0. The Labute approximate surface area is 185 Å². The highest BCUT2D eigenvalue weighted by Gasteiger charge is 2.22. The normalized spacial score (nSPS) is 14.8.